The minimum Gasteiger partial charge on any atom is -0.480 e. The van der Waals surface area contributed by atoms with Crippen molar-refractivity contribution < 1.29 is 9.90 Å². The van der Waals surface area contributed by atoms with Crippen molar-refractivity contribution in [1.29, 1.82) is 0 Å². The standard InChI is InChI=1S/C10H20N2O2/c1-8-4-5-12(7-6-11(2)3)9(8)10(13)14/h8-9H,4-7H2,1-3H3,(H,13,14). The molecule has 4 heteroatoms. The van der Waals surface area contributed by atoms with Gasteiger partial charge in [-0.2, -0.15) is 0 Å². The Kier molecular flexibility index (Phi) is 3.89. The Labute approximate surface area is 85.5 Å². The lowest BCUT2D eigenvalue weighted by Gasteiger charge is -2.24. The van der Waals surface area contributed by atoms with E-state index in [1.54, 1.807) is 0 Å². The number of carboxylic acids is 1. The van der Waals surface area contributed by atoms with Gasteiger partial charge in [0.2, 0.25) is 0 Å². The fourth-order valence-corrected chi connectivity index (χ4v) is 2.01. The number of carboxylic acid groups (broad SMARTS) is 1. The number of hydrogen-bond acceptors (Lipinski definition) is 3. The van der Waals surface area contributed by atoms with Crippen LogP contribution in [-0.2, 0) is 4.79 Å². The molecule has 1 aliphatic heterocycles. The number of carbonyl (C=O) groups is 1. The van der Waals surface area contributed by atoms with E-state index in [-0.39, 0.29) is 12.0 Å². The largest absolute Gasteiger partial charge is 0.480 e. The van der Waals surface area contributed by atoms with Gasteiger partial charge in [0.05, 0.1) is 0 Å². The van der Waals surface area contributed by atoms with Crippen LogP contribution in [0, 0.1) is 5.92 Å². The number of hydrogen-bond donors (Lipinski definition) is 1. The Bertz CT molecular complexity index is 206. The zero-order chi connectivity index (χ0) is 10.7. The van der Waals surface area contributed by atoms with E-state index in [1.165, 1.54) is 0 Å². The van der Waals surface area contributed by atoms with Gasteiger partial charge < -0.3 is 10.0 Å². The van der Waals surface area contributed by atoms with E-state index < -0.39 is 5.97 Å². The van der Waals surface area contributed by atoms with Crippen molar-refractivity contribution >= 4 is 5.97 Å². The van der Waals surface area contributed by atoms with Crippen molar-refractivity contribution in [2.45, 2.75) is 19.4 Å². The summed E-state index contributed by atoms with van der Waals surface area (Å²) in [4.78, 5) is 15.2. The van der Waals surface area contributed by atoms with Crippen molar-refractivity contribution in [1.82, 2.24) is 9.80 Å². The second-order valence-electron chi connectivity index (χ2n) is 4.39. The minimum atomic E-state index is -0.672. The van der Waals surface area contributed by atoms with E-state index in [9.17, 15) is 4.79 Å². The van der Waals surface area contributed by atoms with Gasteiger partial charge in [0.15, 0.2) is 0 Å². The van der Waals surface area contributed by atoms with Crippen molar-refractivity contribution in [3.05, 3.63) is 0 Å². The van der Waals surface area contributed by atoms with E-state index in [2.05, 4.69) is 9.80 Å². The lowest BCUT2D eigenvalue weighted by atomic mass is 10.0. The number of aliphatic carboxylic acids is 1. The van der Waals surface area contributed by atoms with E-state index in [0.717, 1.165) is 26.1 Å². The first kappa shape index (κ1) is 11.5. The summed E-state index contributed by atoms with van der Waals surface area (Å²) in [6.45, 7) is 4.73. The first-order valence-corrected chi connectivity index (χ1v) is 5.14. The molecule has 0 spiro atoms. The molecule has 82 valence electrons. The van der Waals surface area contributed by atoms with Crippen molar-refractivity contribution in [2.24, 2.45) is 5.92 Å². The summed E-state index contributed by atoms with van der Waals surface area (Å²) < 4.78 is 0. The van der Waals surface area contributed by atoms with Gasteiger partial charge in [0.1, 0.15) is 6.04 Å². The SMILES string of the molecule is CC1CCN(CCN(C)C)C1C(=O)O. The first-order valence-electron chi connectivity index (χ1n) is 5.14. The van der Waals surface area contributed by atoms with Gasteiger partial charge in [0, 0.05) is 13.1 Å². The van der Waals surface area contributed by atoms with Crippen LogP contribution in [0.25, 0.3) is 0 Å². The zero-order valence-corrected chi connectivity index (χ0v) is 9.23. The van der Waals surface area contributed by atoms with Crippen LogP contribution in [0.3, 0.4) is 0 Å². The topological polar surface area (TPSA) is 43.8 Å². The summed E-state index contributed by atoms with van der Waals surface area (Å²) in [5, 5.41) is 9.06. The quantitative estimate of drug-likeness (QED) is 0.711. The molecule has 0 bridgehead atoms. The van der Waals surface area contributed by atoms with E-state index in [1.807, 2.05) is 21.0 Å². The fraction of sp³-hybridized carbons (Fsp3) is 0.900. The molecule has 2 atom stereocenters. The summed E-state index contributed by atoms with van der Waals surface area (Å²) in [6.07, 6.45) is 1.00. The molecule has 0 amide bonds. The maximum absolute atomic E-state index is 11.0. The third kappa shape index (κ3) is 2.69. The Morgan fingerprint density at radius 1 is 1.57 bits per heavy atom. The third-order valence-corrected chi connectivity index (χ3v) is 2.89. The van der Waals surface area contributed by atoms with Crippen LogP contribution in [-0.4, -0.2) is 60.6 Å². The molecule has 0 aromatic rings. The summed E-state index contributed by atoms with van der Waals surface area (Å²) in [5.41, 5.74) is 0. The van der Waals surface area contributed by atoms with Crippen LogP contribution in [0.1, 0.15) is 13.3 Å². The smallest absolute Gasteiger partial charge is 0.321 e. The summed E-state index contributed by atoms with van der Waals surface area (Å²) in [5.74, 6) is -0.386. The Hall–Kier alpha value is -0.610. The molecule has 1 aliphatic rings. The van der Waals surface area contributed by atoms with Gasteiger partial charge in [-0.15, -0.1) is 0 Å². The Morgan fingerprint density at radius 3 is 2.71 bits per heavy atom. The molecule has 1 rings (SSSR count). The summed E-state index contributed by atoms with van der Waals surface area (Å²) in [7, 11) is 4.02. The monoisotopic (exact) mass is 200 g/mol. The van der Waals surface area contributed by atoms with E-state index in [0.29, 0.717) is 0 Å². The first-order chi connectivity index (χ1) is 6.52. The van der Waals surface area contributed by atoms with Crippen LogP contribution in [0.15, 0.2) is 0 Å². The van der Waals surface area contributed by atoms with E-state index in [4.69, 9.17) is 5.11 Å². The Morgan fingerprint density at radius 2 is 2.21 bits per heavy atom. The maximum Gasteiger partial charge on any atom is 0.321 e. The average molecular weight is 200 g/mol. The average Bonchev–Trinajstić information content (AvgIpc) is 2.43. The normalized spacial score (nSPS) is 28.6. The lowest BCUT2D eigenvalue weighted by molar-refractivity contribution is -0.143. The molecule has 1 N–H and O–H groups in total. The van der Waals surface area contributed by atoms with Gasteiger partial charge in [-0.3, -0.25) is 9.69 Å². The second kappa shape index (κ2) is 4.75. The van der Waals surface area contributed by atoms with Crippen LogP contribution < -0.4 is 0 Å². The van der Waals surface area contributed by atoms with Crippen molar-refractivity contribution in [3.8, 4) is 0 Å². The van der Waals surface area contributed by atoms with Crippen LogP contribution in [0.5, 0.6) is 0 Å². The minimum absolute atomic E-state index is 0.269. The molecule has 1 saturated heterocycles. The molecule has 14 heavy (non-hydrogen) atoms. The fourth-order valence-electron chi connectivity index (χ4n) is 2.01. The second-order valence-corrected chi connectivity index (χ2v) is 4.39. The van der Waals surface area contributed by atoms with Crippen molar-refractivity contribution in [2.75, 3.05) is 33.7 Å². The molecule has 4 nitrogen and oxygen atoms in total. The highest BCUT2D eigenvalue weighted by Gasteiger charge is 2.36. The highest BCUT2D eigenvalue weighted by atomic mass is 16.4. The number of likely N-dealkylation sites (tertiary alicyclic amines) is 1. The van der Waals surface area contributed by atoms with Gasteiger partial charge in [0.25, 0.3) is 0 Å². The van der Waals surface area contributed by atoms with Gasteiger partial charge >= 0.3 is 5.97 Å². The molecule has 0 aromatic carbocycles. The molecule has 0 saturated carbocycles. The number of likely N-dealkylation sites (N-methyl/N-ethyl adjacent to an activating group) is 1. The summed E-state index contributed by atoms with van der Waals surface area (Å²) >= 11 is 0. The van der Waals surface area contributed by atoms with Crippen LogP contribution in [0.4, 0.5) is 0 Å². The van der Waals surface area contributed by atoms with Crippen LogP contribution >= 0.6 is 0 Å². The molecule has 2 unspecified atom stereocenters. The summed E-state index contributed by atoms with van der Waals surface area (Å²) in [6, 6.07) is -0.269. The van der Waals surface area contributed by atoms with Gasteiger partial charge in [-0.05, 0) is 33.0 Å². The third-order valence-electron chi connectivity index (χ3n) is 2.89. The van der Waals surface area contributed by atoms with Crippen molar-refractivity contribution in [3.63, 3.8) is 0 Å². The molecule has 0 radical (unpaired) electrons. The van der Waals surface area contributed by atoms with E-state index >= 15 is 0 Å². The number of rotatable bonds is 4. The highest BCUT2D eigenvalue weighted by molar-refractivity contribution is 5.74. The molecular formula is C10H20N2O2. The van der Waals surface area contributed by atoms with Crippen LogP contribution in [0.2, 0.25) is 0 Å². The molecule has 0 aliphatic carbocycles. The Balaban J connectivity index is 2.47. The number of nitrogens with zero attached hydrogens (tertiary/aromatic N) is 2. The molecule has 1 heterocycles. The highest BCUT2D eigenvalue weighted by Crippen LogP contribution is 2.23. The zero-order valence-electron chi connectivity index (χ0n) is 9.23. The van der Waals surface area contributed by atoms with Gasteiger partial charge in [-0.1, -0.05) is 6.92 Å². The molecule has 0 aromatic heterocycles. The predicted molar refractivity (Wildman–Crippen MR) is 55.3 cm³/mol. The predicted octanol–water partition coefficient (Wildman–Crippen LogP) is 0.343. The maximum atomic E-state index is 11.0. The molecule has 1 fully saturated rings. The van der Waals surface area contributed by atoms with Gasteiger partial charge in [-0.25, -0.2) is 0 Å². The lowest BCUT2D eigenvalue weighted by Crippen LogP contribution is -2.42. The molecular weight excluding hydrogens is 180 g/mol.